The minimum absolute atomic E-state index is 0.0271. The molecule has 0 saturated carbocycles. The molecule has 242 valence electrons. The second-order valence-electron chi connectivity index (χ2n) is 12.3. The van der Waals surface area contributed by atoms with E-state index in [2.05, 4.69) is 19.9 Å². The molecule has 1 amide bonds. The summed E-state index contributed by atoms with van der Waals surface area (Å²) in [7, 11) is 1.37. The molecule has 1 aromatic carbocycles. The first-order valence-electron chi connectivity index (χ1n) is 14.7. The molecule has 5 heterocycles. The lowest BCUT2D eigenvalue weighted by Crippen LogP contribution is -2.57. The van der Waals surface area contributed by atoms with Gasteiger partial charge < -0.3 is 29.1 Å². The number of hydrogen-bond donors (Lipinski definition) is 1. The molecule has 6 rings (SSSR count). The van der Waals surface area contributed by atoms with Crippen LogP contribution in [-0.4, -0.2) is 85.6 Å². The van der Waals surface area contributed by atoms with E-state index in [1.54, 1.807) is 25.7 Å². The van der Waals surface area contributed by atoms with Crippen molar-refractivity contribution in [2.45, 2.75) is 52.2 Å². The van der Waals surface area contributed by atoms with Gasteiger partial charge in [0.1, 0.15) is 52.7 Å². The number of carbonyl (C=O) groups is 1. The van der Waals surface area contributed by atoms with Crippen LogP contribution in [0.3, 0.4) is 0 Å². The number of piperazine rings is 1. The molecule has 0 aliphatic carbocycles. The summed E-state index contributed by atoms with van der Waals surface area (Å²) in [6, 6.07) is 2.96. The predicted molar refractivity (Wildman–Crippen MR) is 163 cm³/mol. The fourth-order valence-electron chi connectivity index (χ4n) is 5.74. The van der Waals surface area contributed by atoms with Gasteiger partial charge in [0.15, 0.2) is 17.2 Å². The molecule has 13 nitrogen and oxygen atoms in total. The van der Waals surface area contributed by atoms with E-state index in [0.717, 1.165) is 10.6 Å². The highest BCUT2D eigenvalue weighted by Crippen LogP contribution is 2.44. The Morgan fingerprint density at radius 3 is 2.59 bits per heavy atom. The van der Waals surface area contributed by atoms with Gasteiger partial charge >= 0.3 is 11.8 Å². The number of methoxy groups -OCH3 is 1. The van der Waals surface area contributed by atoms with Gasteiger partial charge in [0.25, 0.3) is 0 Å². The van der Waals surface area contributed by atoms with Crippen LogP contribution < -0.4 is 20.1 Å². The molecule has 15 heteroatoms. The number of amides is 1. The van der Waals surface area contributed by atoms with Gasteiger partial charge in [-0.15, -0.1) is 0 Å². The van der Waals surface area contributed by atoms with Crippen LogP contribution in [0, 0.1) is 11.6 Å². The van der Waals surface area contributed by atoms with E-state index in [1.807, 2.05) is 13.8 Å². The fourth-order valence-corrected chi connectivity index (χ4v) is 5.74. The monoisotopic (exact) mass is 637 g/mol. The summed E-state index contributed by atoms with van der Waals surface area (Å²) in [5.74, 6) is -3.05. The number of aromatic nitrogens is 5. The average Bonchev–Trinajstić information content (AvgIpc) is 3.15. The summed E-state index contributed by atoms with van der Waals surface area (Å²) in [6.07, 6.45) is 0.769. The molecule has 2 aliphatic rings. The van der Waals surface area contributed by atoms with Crippen LogP contribution in [0.25, 0.3) is 28.0 Å². The minimum Gasteiger partial charge on any atom is -0.507 e. The zero-order valence-corrected chi connectivity index (χ0v) is 26.2. The van der Waals surface area contributed by atoms with Crippen LogP contribution >= 0.6 is 0 Å². The fraction of sp³-hybridized carbons (Fsp3) is 0.419. The second kappa shape index (κ2) is 11.4. The molecule has 1 atom stereocenters. The normalized spacial score (nSPS) is 16.2. The quantitative estimate of drug-likeness (QED) is 0.344. The Labute approximate surface area is 262 Å². The summed E-state index contributed by atoms with van der Waals surface area (Å²) in [4.78, 5) is 47.8. The van der Waals surface area contributed by atoms with Crippen molar-refractivity contribution in [3.8, 4) is 34.3 Å². The number of fused-ring (bicyclic) bond motifs is 2. The molecule has 0 radical (unpaired) electrons. The molecule has 3 aromatic heterocycles. The summed E-state index contributed by atoms with van der Waals surface area (Å²) in [5.41, 5.74) is -2.25. The number of carbonyl (C=O) groups excluding carboxylic acids is 1. The van der Waals surface area contributed by atoms with E-state index in [4.69, 9.17) is 14.2 Å². The van der Waals surface area contributed by atoms with Crippen LogP contribution in [0.15, 0.2) is 29.3 Å². The molecule has 4 aromatic rings. The third-order valence-corrected chi connectivity index (χ3v) is 7.74. The number of phenols is 1. The molecular formula is C31H33F2N7O6. The predicted octanol–water partition coefficient (Wildman–Crippen LogP) is 4.17. The van der Waals surface area contributed by atoms with Crippen LogP contribution in [0.4, 0.5) is 19.4 Å². The number of nitrogens with zero attached hydrogens (tertiary/aromatic N) is 7. The molecule has 1 saturated heterocycles. The number of ether oxygens (including phenoxy) is 3. The van der Waals surface area contributed by atoms with Crippen molar-refractivity contribution in [1.82, 2.24) is 29.4 Å². The zero-order valence-electron chi connectivity index (χ0n) is 26.2. The number of rotatable bonds is 4. The van der Waals surface area contributed by atoms with Gasteiger partial charge in [-0.2, -0.15) is 9.97 Å². The van der Waals surface area contributed by atoms with E-state index in [-0.39, 0.29) is 66.3 Å². The minimum atomic E-state index is -1.06. The van der Waals surface area contributed by atoms with Crippen molar-refractivity contribution in [3.05, 3.63) is 52.3 Å². The molecule has 1 N–H and O–H groups in total. The summed E-state index contributed by atoms with van der Waals surface area (Å²) in [5, 5.41) is 10.7. The maximum atomic E-state index is 16.6. The Bertz CT molecular complexity index is 1910. The van der Waals surface area contributed by atoms with Crippen molar-refractivity contribution in [2.75, 3.05) is 38.3 Å². The molecule has 46 heavy (non-hydrogen) atoms. The van der Waals surface area contributed by atoms with Crippen LogP contribution in [0.1, 0.15) is 46.2 Å². The van der Waals surface area contributed by atoms with Gasteiger partial charge in [0, 0.05) is 19.6 Å². The lowest BCUT2D eigenvalue weighted by atomic mass is 10.1. The van der Waals surface area contributed by atoms with Crippen LogP contribution in [0.2, 0.25) is 0 Å². The molecule has 2 aliphatic heterocycles. The molecule has 0 spiro atoms. The number of hydrogen-bond acceptors (Lipinski definition) is 11. The summed E-state index contributed by atoms with van der Waals surface area (Å²) < 4.78 is 50.0. The van der Waals surface area contributed by atoms with Gasteiger partial charge in [-0.3, -0.25) is 0 Å². The highest BCUT2D eigenvalue weighted by molar-refractivity contribution is 5.97. The van der Waals surface area contributed by atoms with Crippen LogP contribution in [-0.2, 0) is 4.74 Å². The van der Waals surface area contributed by atoms with Gasteiger partial charge in [-0.05, 0) is 38.8 Å². The molecule has 0 unspecified atom stereocenters. The number of benzene rings is 1. The first-order chi connectivity index (χ1) is 21.8. The van der Waals surface area contributed by atoms with Crippen molar-refractivity contribution in [1.29, 1.82) is 0 Å². The first kappa shape index (κ1) is 30.9. The first-order valence-corrected chi connectivity index (χ1v) is 14.7. The van der Waals surface area contributed by atoms with E-state index in [1.165, 1.54) is 30.5 Å². The van der Waals surface area contributed by atoms with Gasteiger partial charge in [-0.1, -0.05) is 19.9 Å². The molecule has 0 bridgehead atoms. The number of pyridine rings is 1. The van der Waals surface area contributed by atoms with E-state index in [0.29, 0.717) is 5.69 Å². The third-order valence-electron chi connectivity index (χ3n) is 7.74. The van der Waals surface area contributed by atoms with Crippen molar-refractivity contribution >= 4 is 22.9 Å². The van der Waals surface area contributed by atoms with Crippen LogP contribution in [0.5, 0.6) is 17.4 Å². The summed E-state index contributed by atoms with van der Waals surface area (Å²) in [6.45, 7) is 9.44. The van der Waals surface area contributed by atoms with E-state index in [9.17, 15) is 14.7 Å². The highest BCUT2D eigenvalue weighted by atomic mass is 19.1. The topological polar surface area (TPSA) is 145 Å². The smallest absolute Gasteiger partial charge is 0.410 e. The second-order valence-corrected chi connectivity index (χ2v) is 12.3. The number of anilines is 1. The third kappa shape index (κ3) is 5.18. The van der Waals surface area contributed by atoms with Crippen molar-refractivity contribution in [3.63, 3.8) is 0 Å². The molecular weight excluding hydrogens is 604 g/mol. The zero-order chi connectivity index (χ0) is 33.1. The van der Waals surface area contributed by atoms with Gasteiger partial charge in [-0.25, -0.2) is 32.9 Å². The molecule has 1 fully saturated rings. The SMILES string of the molecule is COc1ncnc(C(C)C)c1-n1c(=O)nc2c3c(c(F)c(-c4c(O)cccc4F)nc31)OC[C@H]1CN(C(=O)OC(C)(C)C)CCN21. The highest BCUT2D eigenvalue weighted by Gasteiger charge is 2.39. The lowest BCUT2D eigenvalue weighted by molar-refractivity contribution is 0.0201. The van der Waals surface area contributed by atoms with Gasteiger partial charge in [0.2, 0.25) is 5.88 Å². The lowest BCUT2D eigenvalue weighted by Gasteiger charge is -2.41. The number of halogens is 2. The maximum absolute atomic E-state index is 16.6. The number of aromatic hydroxyl groups is 1. The maximum Gasteiger partial charge on any atom is 0.410 e. The number of phenolic OH excluding ortho intramolecular Hbond substituents is 1. The Kier molecular flexibility index (Phi) is 7.65. The van der Waals surface area contributed by atoms with E-state index < -0.39 is 52.1 Å². The van der Waals surface area contributed by atoms with Gasteiger partial charge in [0.05, 0.1) is 24.4 Å². The van der Waals surface area contributed by atoms with E-state index >= 15 is 8.78 Å². The van der Waals surface area contributed by atoms with Crippen molar-refractivity contribution < 1.29 is 32.9 Å². The average molecular weight is 638 g/mol. The summed E-state index contributed by atoms with van der Waals surface area (Å²) >= 11 is 0. The largest absolute Gasteiger partial charge is 0.507 e. The van der Waals surface area contributed by atoms with Crippen molar-refractivity contribution in [2.24, 2.45) is 0 Å². The Morgan fingerprint density at radius 1 is 1.15 bits per heavy atom. The Morgan fingerprint density at radius 2 is 1.91 bits per heavy atom. The standard InChI is InChI=1S/C31H33F2N7O6/c1-15(2)22-24(28(44-6)35-14-34-22)40-27-20-25(21(33)23(36-27)19-17(32)8-7-9-18(19)41)45-13-16-12-38(30(43)46-31(3,4)5)10-11-39(16)26(20)37-29(40)42/h7-9,14-16,41H,10-13H2,1-6H3/t16-/m1/s1. The Balaban J connectivity index is 1.64. The Hall–Kier alpha value is -5.08.